The number of para-hydroxylation sites is 1. The molecule has 0 heterocycles. The lowest BCUT2D eigenvalue weighted by molar-refractivity contribution is 0.172. The van der Waals surface area contributed by atoms with Crippen molar-refractivity contribution in [2.75, 3.05) is 13.2 Å². The monoisotopic (exact) mass is 193 g/mol. The van der Waals surface area contributed by atoms with Crippen molar-refractivity contribution in [2.24, 2.45) is 5.92 Å². The normalized spacial score (nSPS) is 12.4. The Hall–Kier alpha value is -1.02. The maximum atomic E-state index is 10.3. The van der Waals surface area contributed by atoms with Gasteiger partial charge >= 0.3 is 0 Å². The van der Waals surface area contributed by atoms with E-state index in [2.05, 4.69) is 6.92 Å². The van der Waals surface area contributed by atoms with Gasteiger partial charge in [0.25, 0.3) is 0 Å². The standard InChI is InChI=1S/C12H17O2/c1-11(6-5-9-13)10-14-12-7-3-2-4-8-12/h2-4,7-8,11H,5-6,9-10H2,1H3. The highest BCUT2D eigenvalue weighted by atomic mass is 16.5. The van der Waals surface area contributed by atoms with Gasteiger partial charge in [-0.15, -0.1) is 0 Å². The van der Waals surface area contributed by atoms with Crippen LogP contribution in [-0.4, -0.2) is 13.2 Å². The highest BCUT2D eigenvalue weighted by Gasteiger charge is 2.02. The number of ether oxygens (including phenoxy) is 1. The van der Waals surface area contributed by atoms with Crippen molar-refractivity contribution in [1.29, 1.82) is 0 Å². The molecule has 1 unspecified atom stereocenters. The van der Waals surface area contributed by atoms with Crippen LogP contribution < -0.4 is 4.74 Å². The van der Waals surface area contributed by atoms with Gasteiger partial charge in [-0.25, -0.2) is 5.11 Å². The van der Waals surface area contributed by atoms with Crippen molar-refractivity contribution >= 4 is 0 Å². The topological polar surface area (TPSA) is 29.1 Å². The zero-order chi connectivity index (χ0) is 10.2. The summed E-state index contributed by atoms with van der Waals surface area (Å²) in [5.74, 6) is 1.37. The predicted octanol–water partition coefficient (Wildman–Crippen LogP) is 2.91. The third-order valence-corrected chi connectivity index (χ3v) is 2.12. The Morgan fingerprint density at radius 1 is 1.29 bits per heavy atom. The minimum atomic E-state index is 0.0235. The van der Waals surface area contributed by atoms with Gasteiger partial charge in [0, 0.05) is 0 Å². The molecular weight excluding hydrogens is 176 g/mol. The summed E-state index contributed by atoms with van der Waals surface area (Å²) in [6.45, 7) is 2.83. The summed E-state index contributed by atoms with van der Waals surface area (Å²) in [6.07, 6.45) is 1.70. The van der Waals surface area contributed by atoms with Crippen LogP contribution in [0.15, 0.2) is 30.3 Å². The van der Waals surface area contributed by atoms with E-state index in [0.717, 1.165) is 18.6 Å². The summed E-state index contributed by atoms with van der Waals surface area (Å²) >= 11 is 0. The van der Waals surface area contributed by atoms with Crippen molar-refractivity contribution in [3.63, 3.8) is 0 Å². The molecule has 0 aliphatic rings. The van der Waals surface area contributed by atoms with Gasteiger partial charge < -0.3 is 4.74 Å². The molecule has 14 heavy (non-hydrogen) atoms. The fourth-order valence-electron chi connectivity index (χ4n) is 1.27. The Balaban J connectivity index is 2.20. The predicted molar refractivity (Wildman–Crippen MR) is 55.9 cm³/mol. The van der Waals surface area contributed by atoms with E-state index in [1.165, 1.54) is 0 Å². The summed E-state index contributed by atoms with van der Waals surface area (Å²) < 4.78 is 5.56. The first kappa shape index (κ1) is 11.1. The molecule has 1 aromatic carbocycles. The molecule has 0 saturated carbocycles. The van der Waals surface area contributed by atoms with Gasteiger partial charge in [0.2, 0.25) is 0 Å². The highest BCUT2D eigenvalue weighted by Crippen LogP contribution is 2.12. The zero-order valence-electron chi connectivity index (χ0n) is 8.61. The first-order valence-corrected chi connectivity index (χ1v) is 5.09. The molecule has 0 fully saturated rings. The molecular formula is C12H17O2. The molecule has 0 bridgehead atoms. The quantitative estimate of drug-likeness (QED) is 0.683. The van der Waals surface area contributed by atoms with Crippen LogP contribution in [0.4, 0.5) is 0 Å². The number of rotatable bonds is 6. The molecule has 0 aromatic heterocycles. The number of hydrogen-bond acceptors (Lipinski definition) is 1. The molecule has 2 nitrogen and oxygen atoms in total. The Bertz CT molecular complexity index is 233. The van der Waals surface area contributed by atoms with Crippen LogP contribution >= 0.6 is 0 Å². The van der Waals surface area contributed by atoms with E-state index in [0.29, 0.717) is 12.5 Å². The van der Waals surface area contributed by atoms with Gasteiger partial charge in [0.1, 0.15) is 5.75 Å². The van der Waals surface area contributed by atoms with Crippen LogP contribution in [-0.2, 0) is 5.11 Å². The molecule has 1 atom stereocenters. The summed E-state index contributed by atoms with van der Waals surface area (Å²) in [5.41, 5.74) is 0. The lowest BCUT2D eigenvalue weighted by Gasteiger charge is -2.11. The Kier molecular flexibility index (Phi) is 5.08. The van der Waals surface area contributed by atoms with Gasteiger partial charge in [-0.05, 0) is 30.9 Å². The van der Waals surface area contributed by atoms with Gasteiger partial charge in [-0.1, -0.05) is 25.1 Å². The summed E-state index contributed by atoms with van der Waals surface area (Å²) in [4.78, 5) is 0. The lowest BCUT2D eigenvalue weighted by Crippen LogP contribution is -2.08. The SMILES string of the molecule is CC(CCC[O])COc1ccccc1. The van der Waals surface area contributed by atoms with E-state index in [1.807, 2.05) is 30.3 Å². The molecule has 0 aliphatic heterocycles. The van der Waals surface area contributed by atoms with E-state index in [9.17, 15) is 5.11 Å². The van der Waals surface area contributed by atoms with Crippen molar-refractivity contribution in [1.82, 2.24) is 0 Å². The molecule has 1 radical (unpaired) electrons. The molecule has 1 aromatic rings. The Morgan fingerprint density at radius 2 is 2.00 bits per heavy atom. The lowest BCUT2D eigenvalue weighted by atomic mass is 10.1. The largest absolute Gasteiger partial charge is 0.493 e. The van der Waals surface area contributed by atoms with E-state index in [4.69, 9.17) is 4.74 Å². The minimum Gasteiger partial charge on any atom is -0.493 e. The summed E-state index contributed by atoms with van der Waals surface area (Å²) in [7, 11) is 0. The van der Waals surface area contributed by atoms with E-state index in [-0.39, 0.29) is 6.61 Å². The van der Waals surface area contributed by atoms with Gasteiger partial charge in [0.05, 0.1) is 13.2 Å². The fourth-order valence-corrected chi connectivity index (χ4v) is 1.27. The first-order valence-electron chi connectivity index (χ1n) is 5.09. The molecule has 1 rings (SSSR count). The molecule has 2 heteroatoms. The first-order chi connectivity index (χ1) is 6.83. The summed E-state index contributed by atoms with van der Waals surface area (Å²) in [6, 6.07) is 9.77. The maximum Gasteiger partial charge on any atom is 0.119 e. The Labute approximate surface area is 85.5 Å². The van der Waals surface area contributed by atoms with Crippen LogP contribution in [0.25, 0.3) is 0 Å². The maximum absolute atomic E-state index is 10.3. The second-order valence-corrected chi connectivity index (χ2v) is 3.58. The molecule has 0 spiro atoms. The van der Waals surface area contributed by atoms with Crippen molar-refractivity contribution < 1.29 is 9.84 Å². The molecule has 0 aliphatic carbocycles. The number of hydrogen-bond donors (Lipinski definition) is 0. The second kappa shape index (κ2) is 6.44. The molecule has 0 N–H and O–H groups in total. The Morgan fingerprint density at radius 3 is 2.64 bits per heavy atom. The van der Waals surface area contributed by atoms with Crippen LogP contribution in [0.3, 0.4) is 0 Å². The average Bonchev–Trinajstić information content (AvgIpc) is 2.25. The average molecular weight is 193 g/mol. The third kappa shape index (κ3) is 4.28. The van der Waals surface area contributed by atoms with Crippen LogP contribution in [0.2, 0.25) is 0 Å². The van der Waals surface area contributed by atoms with Crippen molar-refractivity contribution in [3.05, 3.63) is 30.3 Å². The van der Waals surface area contributed by atoms with Crippen LogP contribution in [0.5, 0.6) is 5.75 Å². The number of benzene rings is 1. The molecule has 0 saturated heterocycles. The second-order valence-electron chi connectivity index (χ2n) is 3.58. The van der Waals surface area contributed by atoms with Crippen molar-refractivity contribution in [2.45, 2.75) is 19.8 Å². The van der Waals surface area contributed by atoms with E-state index < -0.39 is 0 Å². The summed E-state index contributed by atoms with van der Waals surface area (Å²) in [5, 5.41) is 10.3. The third-order valence-electron chi connectivity index (χ3n) is 2.12. The highest BCUT2D eigenvalue weighted by molar-refractivity contribution is 5.20. The van der Waals surface area contributed by atoms with Crippen molar-refractivity contribution in [3.8, 4) is 5.75 Å². The minimum absolute atomic E-state index is 0.0235. The van der Waals surface area contributed by atoms with E-state index >= 15 is 0 Å². The van der Waals surface area contributed by atoms with Gasteiger partial charge in [-0.2, -0.15) is 0 Å². The van der Waals surface area contributed by atoms with E-state index in [1.54, 1.807) is 0 Å². The van der Waals surface area contributed by atoms with Gasteiger partial charge in [0.15, 0.2) is 0 Å². The smallest absolute Gasteiger partial charge is 0.119 e. The fraction of sp³-hybridized carbons (Fsp3) is 0.500. The zero-order valence-corrected chi connectivity index (χ0v) is 8.61. The van der Waals surface area contributed by atoms with Crippen LogP contribution in [0.1, 0.15) is 19.8 Å². The van der Waals surface area contributed by atoms with Gasteiger partial charge in [-0.3, -0.25) is 0 Å². The molecule has 0 amide bonds. The molecule has 77 valence electrons. The van der Waals surface area contributed by atoms with Crippen LogP contribution in [0, 0.1) is 5.92 Å².